The minimum absolute atomic E-state index is 0.0122. The number of hydrogen-bond acceptors (Lipinski definition) is 22. The molecule has 0 aromatic heterocycles. The summed E-state index contributed by atoms with van der Waals surface area (Å²) < 4.78 is 0. The Kier molecular flexibility index (Phi) is 49.8. The lowest BCUT2D eigenvalue weighted by molar-refractivity contribution is -0.152. The highest BCUT2D eigenvalue weighted by molar-refractivity contribution is 5.96. The Balaban J connectivity index is 7.22. The van der Waals surface area contributed by atoms with Crippen LogP contribution in [0.2, 0.25) is 0 Å². The average Bonchev–Trinajstić information content (AvgIpc) is 0.849. The molecule has 0 aliphatic heterocycles. The number of rotatable bonds is 56. The molecule has 0 spiro atoms. The first-order chi connectivity index (χ1) is 52.6. The van der Waals surface area contributed by atoms with Gasteiger partial charge in [-0.25, -0.2) is 0 Å². The SMILES string of the molecule is CCC(C)NCC(=O)N(CC(=O)N(CC(=O)N(CC(=O)N(CC(=O)N(CC(=O)N(CC(=O)N(CC(=O)N(CC(=O)N(CC(=O)N(CC(=O)N(CC(=O)N(CC(=O)N(CC(N)=O)CC(C)O)C(C)CC)CC(C)O)C(C)CC)CC(C)O)C(C)CC)CC(C)O)C(C)CC)CC(C)O)C(C)CC)CC(C)O)C(C)CC)CC(C)O. The summed E-state index contributed by atoms with van der Waals surface area (Å²) in [7, 11) is 0. The van der Waals surface area contributed by atoms with Crippen molar-refractivity contribution in [2.75, 3.05) is 137 Å². The third-order valence-corrected chi connectivity index (χ3v) is 19.9. The second-order valence-corrected chi connectivity index (χ2v) is 30.7. The fourth-order valence-electron chi connectivity index (χ4n) is 12.0. The maximum atomic E-state index is 14.8. The number of carbonyl (C=O) groups excluding carboxylic acids is 14. The van der Waals surface area contributed by atoms with E-state index in [4.69, 9.17) is 5.73 Å². The Bertz CT molecular complexity index is 3020. The van der Waals surface area contributed by atoms with Crippen LogP contribution in [0, 0.1) is 0 Å². The molecule has 0 aromatic rings. The average molecular weight is 1620 g/mol. The van der Waals surface area contributed by atoms with Gasteiger partial charge in [-0.15, -0.1) is 0 Å². The first-order valence-electron chi connectivity index (χ1n) is 40.1. The zero-order valence-corrected chi connectivity index (χ0v) is 71.6. The normalized spacial score (nSPS) is 15.1. The topological polar surface area (TPSA) is 461 Å². The molecule has 0 heterocycles. The van der Waals surface area contributed by atoms with Gasteiger partial charge in [-0.3, -0.25) is 67.1 Å². The number of carbonyl (C=O) groups is 14. The molecule has 0 bridgehead atoms. The maximum absolute atomic E-state index is 14.8. The van der Waals surface area contributed by atoms with Crippen molar-refractivity contribution < 1.29 is 103 Å². The lowest BCUT2D eigenvalue weighted by atomic mass is 10.1. The van der Waals surface area contributed by atoms with Gasteiger partial charge < -0.3 is 110 Å². The van der Waals surface area contributed by atoms with E-state index in [1.54, 1.807) is 83.1 Å². The second-order valence-electron chi connectivity index (χ2n) is 30.7. The summed E-state index contributed by atoms with van der Waals surface area (Å²) in [4.78, 5) is 213. The van der Waals surface area contributed by atoms with E-state index in [1.807, 2.05) is 13.8 Å². The van der Waals surface area contributed by atoms with Crippen LogP contribution in [0.4, 0.5) is 0 Å². The van der Waals surface area contributed by atoms with Crippen molar-refractivity contribution in [2.24, 2.45) is 5.73 Å². The standard InChI is InChI=1S/C77H143N15O21/c1-22-50(8)79-29-65(101)81(31-58(16)94)38-72(108)88(52(10)24-3)45-67(103)83(33-60(18)96)40-74(110)90(54(12)26-5)47-69(105)85(35-62(20)98)42-76(112)92(56(14)28-7)49-71(107)86(36-63(21)99)43-77(113)91(55(13)27-6)48-70(106)84(34-61(19)97)41-75(111)89(53(11)25-4)46-68(104)82(32-59(17)95)39-73(109)87(51(9)23-2)44-66(102)80(30-57(15)93)37-64(78)100/h50-63,79,93-99H,22-49H2,1-21H3,(H2,78,100). The molecule has 0 aliphatic carbocycles. The largest absolute Gasteiger partial charge is 0.392 e. The van der Waals surface area contributed by atoms with E-state index in [2.05, 4.69) is 5.32 Å². The summed E-state index contributed by atoms with van der Waals surface area (Å²) in [5, 5.41) is 77.1. The number of nitrogens with two attached hydrogens (primary N) is 1. The summed E-state index contributed by atoms with van der Waals surface area (Å²) in [5.41, 5.74) is 5.38. The van der Waals surface area contributed by atoms with Gasteiger partial charge >= 0.3 is 0 Å². The summed E-state index contributed by atoms with van der Waals surface area (Å²) in [5.74, 6) is -10.5. The highest BCUT2D eigenvalue weighted by Gasteiger charge is 2.38. The van der Waals surface area contributed by atoms with E-state index in [0.29, 0.717) is 19.3 Å². The number of nitrogens with zero attached hydrogens (tertiary/aromatic N) is 13. The molecule has 10 N–H and O–H groups in total. The molecular weight excluding hydrogens is 1470 g/mol. The number of amides is 14. The van der Waals surface area contributed by atoms with E-state index in [0.717, 1.165) is 40.7 Å². The van der Waals surface area contributed by atoms with Crippen LogP contribution >= 0.6 is 0 Å². The van der Waals surface area contributed by atoms with Gasteiger partial charge in [0.1, 0.15) is 39.3 Å². The molecule has 0 aromatic carbocycles. The minimum atomic E-state index is -1.26. The van der Waals surface area contributed by atoms with Crippen LogP contribution in [0.15, 0.2) is 0 Å². The van der Waals surface area contributed by atoms with Gasteiger partial charge in [0.25, 0.3) is 0 Å². The quantitative estimate of drug-likeness (QED) is 0.0321. The van der Waals surface area contributed by atoms with Gasteiger partial charge in [0, 0.05) is 88.1 Å². The van der Waals surface area contributed by atoms with Gasteiger partial charge in [0.05, 0.1) is 95.1 Å². The number of nitrogens with one attached hydrogen (secondary N) is 1. The summed E-state index contributed by atoms with van der Waals surface area (Å²) in [6, 6.07) is -3.94. The number of aliphatic hydroxyl groups excluding tert-OH is 7. The molecule has 0 fully saturated rings. The molecule has 0 saturated heterocycles. The first kappa shape index (κ1) is 105. The number of aliphatic hydroxyl groups is 7. The van der Waals surface area contributed by atoms with Crippen molar-refractivity contribution >= 4 is 82.7 Å². The van der Waals surface area contributed by atoms with Crippen molar-refractivity contribution in [3.05, 3.63) is 0 Å². The molecular formula is C77H143N15O21. The zero-order valence-electron chi connectivity index (χ0n) is 71.6. The molecule has 36 heteroatoms. The van der Waals surface area contributed by atoms with E-state index in [1.165, 1.54) is 77.9 Å². The summed E-state index contributed by atoms with van der Waals surface area (Å²) in [6.07, 6.45) is -5.59. The molecule has 0 aliphatic rings. The Morgan fingerprint density at radius 3 is 0.513 bits per heavy atom. The molecule has 652 valence electrons. The van der Waals surface area contributed by atoms with E-state index in [9.17, 15) is 103 Å². The first-order valence-corrected chi connectivity index (χ1v) is 40.1. The Morgan fingerprint density at radius 1 is 0.230 bits per heavy atom. The monoisotopic (exact) mass is 1610 g/mol. The summed E-state index contributed by atoms with van der Waals surface area (Å²) >= 11 is 0. The van der Waals surface area contributed by atoms with E-state index < -0.39 is 273 Å². The van der Waals surface area contributed by atoms with Crippen molar-refractivity contribution in [1.29, 1.82) is 0 Å². The smallest absolute Gasteiger partial charge is 0.242 e. The van der Waals surface area contributed by atoms with E-state index >= 15 is 0 Å². The summed E-state index contributed by atoms with van der Waals surface area (Å²) in [6.45, 7) is 22.9. The highest BCUT2D eigenvalue weighted by Crippen LogP contribution is 2.18. The minimum Gasteiger partial charge on any atom is -0.392 e. The molecule has 14 atom stereocenters. The molecule has 14 amide bonds. The van der Waals surface area contributed by atoms with Gasteiger partial charge in [0.15, 0.2) is 0 Å². The van der Waals surface area contributed by atoms with Crippen LogP contribution in [-0.2, 0) is 67.1 Å². The fraction of sp³-hybridized carbons (Fsp3) is 0.818. The Labute approximate surface area is 670 Å². The van der Waals surface area contributed by atoms with Crippen LogP contribution in [-0.4, -0.2) is 405 Å². The second kappa shape index (κ2) is 53.4. The number of primary amides is 1. The predicted octanol–water partition coefficient (Wildman–Crippen LogP) is -1.91. The molecule has 0 radical (unpaired) electrons. The number of hydrogen-bond donors (Lipinski definition) is 9. The lowest BCUT2D eigenvalue weighted by Crippen LogP contribution is -2.56. The molecule has 14 unspecified atom stereocenters. The van der Waals surface area contributed by atoms with Gasteiger partial charge in [0.2, 0.25) is 82.7 Å². The third-order valence-electron chi connectivity index (χ3n) is 19.9. The van der Waals surface area contributed by atoms with Crippen LogP contribution in [0.3, 0.4) is 0 Å². The molecule has 36 nitrogen and oxygen atoms in total. The Hall–Kier alpha value is -7.74. The maximum Gasteiger partial charge on any atom is 0.242 e. The van der Waals surface area contributed by atoms with Crippen LogP contribution < -0.4 is 11.1 Å². The van der Waals surface area contributed by atoms with Gasteiger partial charge in [-0.05, 0) is 142 Å². The zero-order chi connectivity index (χ0) is 87.2. The van der Waals surface area contributed by atoms with Crippen LogP contribution in [0.1, 0.15) is 190 Å². The van der Waals surface area contributed by atoms with Gasteiger partial charge in [-0.2, -0.15) is 0 Å². The lowest BCUT2D eigenvalue weighted by Gasteiger charge is -2.37. The van der Waals surface area contributed by atoms with Crippen LogP contribution in [0.5, 0.6) is 0 Å². The predicted molar refractivity (Wildman–Crippen MR) is 424 cm³/mol. The molecule has 0 rings (SSSR count). The van der Waals surface area contributed by atoms with Crippen molar-refractivity contribution in [3.8, 4) is 0 Å². The third kappa shape index (κ3) is 39.0. The highest BCUT2D eigenvalue weighted by atomic mass is 16.3. The van der Waals surface area contributed by atoms with Crippen LogP contribution in [0.25, 0.3) is 0 Å². The van der Waals surface area contributed by atoms with Crippen molar-refractivity contribution in [1.82, 2.24) is 69.0 Å². The molecule has 0 saturated carbocycles. The van der Waals surface area contributed by atoms with Crippen molar-refractivity contribution in [3.63, 3.8) is 0 Å². The van der Waals surface area contributed by atoms with Crippen molar-refractivity contribution in [2.45, 2.75) is 275 Å². The van der Waals surface area contributed by atoms with Gasteiger partial charge in [-0.1, -0.05) is 48.5 Å². The van der Waals surface area contributed by atoms with E-state index in [-0.39, 0.29) is 51.5 Å². The fourth-order valence-corrected chi connectivity index (χ4v) is 12.0. The molecule has 113 heavy (non-hydrogen) atoms. The Morgan fingerprint density at radius 2 is 0.381 bits per heavy atom.